The molecule has 0 spiro atoms. The van der Waals surface area contributed by atoms with Gasteiger partial charge in [-0.15, -0.1) is 0 Å². The van der Waals surface area contributed by atoms with Crippen LogP contribution < -0.4 is 0 Å². The second kappa shape index (κ2) is 8.74. The number of fused-ring (bicyclic) bond motifs is 1. The Morgan fingerprint density at radius 3 is 1.78 bits per heavy atom. The van der Waals surface area contributed by atoms with Crippen LogP contribution in [-0.2, 0) is 6.42 Å². The number of unbranched alkanes of at least 4 members (excludes halogenated alkanes) is 1. The van der Waals surface area contributed by atoms with Gasteiger partial charge in [-0.1, -0.05) is 80.1 Å². The van der Waals surface area contributed by atoms with Crippen molar-refractivity contribution in [3.63, 3.8) is 0 Å². The Hall–Kier alpha value is -2.61. The third kappa shape index (κ3) is 4.96. The molecule has 3 aromatic carbocycles. The average molecular weight is 306 g/mol. The molecule has 2 heteroatoms. The third-order valence-corrected chi connectivity index (χ3v) is 3.71. The summed E-state index contributed by atoms with van der Waals surface area (Å²) in [4.78, 5) is 10.8. The number of benzene rings is 3. The van der Waals surface area contributed by atoms with Crippen molar-refractivity contribution in [2.45, 2.75) is 26.2 Å². The lowest BCUT2D eigenvalue weighted by atomic mass is 10.0. The molecule has 3 rings (SSSR count). The van der Waals surface area contributed by atoms with Crippen LogP contribution >= 0.6 is 0 Å². The maximum atomic E-state index is 10.8. The van der Waals surface area contributed by atoms with E-state index in [1.54, 1.807) is 12.1 Å². The molecule has 0 aliphatic carbocycles. The van der Waals surface area contributed by atoms with Gasteiger partial charge in [0, 0.05) is 0 Å². The first-order valence-corrected chi connectivity index (χ1v) is 7.97. The van der Waals surface area contributed by atoms with E-state index in [-0.39, 0.29) is 0 Å². The van der Waals surface area contributed by atoms with Gasteiger partial charge >= 0.3 is 5.97 Å². The zero-order valence-corrected chi connectivity index (χ0v) is 13.4. The quantitative estimate of drug-likeness (QED) is 0.684. The summed E-state index contributed by atoms with van der Waals surface area (Å²) in [6, 6.07) is 23.9. The van der Waals surface area contributed by atoms with Gasteiger partial charge in [-0.2, -0.15) is 0 Å². The highest BCUT2D eigenvalue weighted by Gasteiger charge is 2.07. The molecular formula is C21H22O2. The molecule has 0 saturated carbocycles. The Bertz CT molecular complexity index is 697. The van der Waals surface area contributed by atoms with Crippen molar-refractivity contribution in [3.05, 3.63) is 83.9 Å². The zero-order chi connectivity index (χ0) is 16.5. The van der Waals surface area contributed by atoms with E-state index in [9.17, 15) is 4.79 Å². The molecule has 1 N–H and O–H groups in total. The zero-order valence-electron chi connectivity index (χ0n) is 13.4. The Kier molecular flexibility index (Phi) is 6.37. The van der Waals surface area contributed by atoms with Gasteiger partial charge in [0.25, 0.3) is 0 Å². The van der Waals surface area contributed by atoms with Crippen LogP contribution in [0.15, 0.2) is 72.8 Å². The van der Waals surface area contributed by atoms with E-state index in [0.717, 1.165) is 24.8 Å². The molecule has 0 fully saturated rings. The Morgan fingerprint density at radius 2 is 1.30 bits per heavy atom. The van der Waals surface area contributed by atoms with E-state index >= 15 is 0 Å². The number of carbonyl (C=O) groups is 1. The summed E-state index contributed by atoms with van der Waals surface area (Å²) in [5.41, 5.74) is 1.38. The predicted octanol–water partition coefficient (Wildman–Crippen LogP) is 5.57. The highest BCUT2D eigenvalue weighted by Crippen LogP contribution is 2.12. The standard InChI is InChI=1S/C11H14O2.C10H8/c1-2-3-6-9-7-4-5-8-10(9)11(12)13;1-2-6-10-8-4-3-7-9(10)5-1/h4-5,7-8H,2-3,6H2,1H3,(H,12,13);1-8H. The molecule has 23 heavy (non-hydrogen) atoms. The van der Waals surface area contributed by atoms with Crippen molar-refractivity contribution in [3.8, 4) is 0 Å². The van der Waals surface area contributed by atoms with E-state index in [1.807, 2.05) is 12.1 Å². The first-order chi connectivity index (χ1) is 11.2. The number of hydrogen-bond acceptors (Lipinski definition) is 1. The normalized spacial score (nSPS) is 9.96. The predicted molar refractivity (Wildman–Crippen MR) is 96.0 cm³/mol. The van der Waals surface area contributed by atoms with Crippen LogP contribution in [0.5, 0.6) is 0 Å². The summed E-state index contributed by atoms with van der Waals surface area (Å²) in [5, 5.41) is 11.5. The number of aromatic carboxylic acids is 1. The highest BCUT2D eigenvalue weighted by molar-refractivity contribution is 5.89. The van der Waals surface area contributed by atoms with E-state index < -0.39 is 5.97 Å². The van der Waals surface area contributed by atoms with Crippen LogP contribution in [0.1, 0.15) is 35.7 Å². The van der Waals surface area contributed by atoms with Gasteiger partial charge in [0.15, 0.2) is 0 Å². The van der Waals surface area contributed by atoms with Crippen LogP contribution in [0.25, 0.3) is 10.8 Å². The fourth-order valence-electron chi connectivity index (χ4n) is 2.45. The number of rotatable bonds is 4. The van der Waals surface area contributed by atoms with Crippen molar-refractivity contribution in [2.75, 3.05) is 0 Å². The van der Waals surface area contributed by atoms with Gasteiger partial charge in [-0.05, 0) is 35.2 Å². The molecule has 0 aliphatic rings. The number of aryl methyl sites for hydroxylation is 1. The Morgan fingerprint density at radius 1 is 0.826 bits per heavy atom. The Balaban J connectivity index is 0.000000172. The van der Waals surface area contributed by atoms with Crippen LogP contribution in [0.4, 0.5) is 0 Å². The monoisotopic (exact) mass is 306 g/mol. The molecule has 0 radical (unpaired) electrons. The summed E-state index contributed by atoms with van der Waals surface area (Å²) in [7, 11) is 0. The minimum absolute atomic E-state index is 0.441. The molecular weight excluding hydrogens is 284 g/mol. The summed E-state index contributed by atoms with van der Waals surface area (Å²) in [5.74, 6) is -0.827. The second-order valence-electron chi connectivity index (χ2n) is 5.41. The molecule has 3 aromatic rings. The molecule has 2 nitrogen and oxygen atoms in total. The van der Waals surface area contributed by atoms with Crippen molar-refractivity contribution >= 4 is 16.7 Å². The highest BCUT2D eigenvalue weighted by atomic mass is 16.4. The lowest BCUT2D eigenvalue weighted by Crippen LogP contribution is -2.01. The summed E-state index contributed by atoms with van der Waals surface area (Å²) in [6.07, 6.45) is 3.00. The molecule has 0 atom stereocenters. The van der Waals surface area contributed by atoms with E-state index in [4.69, 9.17) is 5.11 Å². The number of carboxylic acid groups (broad SMARTS) is 1. The lowest BCUT2D eigenvalue weighted by molar-refractivity contribution is 0.0695. The maximum absolute atomic E-state index is 10.8. The molecule has 0 aliphatic heterocycles. The van der Waals surface area contributed by atoms with Gasteiger partial charge in [-0.25, -0.2) is 4.79 Å². The summed E-state index contributed by atoms with van der Waals surface area (Å²) >= 11 is 0. The smallest absolute Gasteiger partial charge is 0.335 e. The minimum Gasteiger partial charge on any atom is -0.478 e. The summed E-state index contributed by atoms with van der Waals surface area (Å²) < 4.78 is 0. The van der Waals surface area contributed by atoms with Crippen LogP contribution in [-0.4, -0.2) is 11.1 Å². The molecule has 0 saturated heterocycles. The van der Waals surface area contributed by atoms with Gasteiger partial charge in [0.1, 0.15) is 0 Å². The van der Waals surface area contributed by atoms with Gasteiger partial charge in [0.05, 0.1) is 5.56 Å². The van der Waals surface area contributed by atoms with E-state index in [0.29, 0.717) is 5.56 Å². The van der Waals surface area contributed by atoms with Crippen molar-refractivity contribution < 1.29 is 9.90 Å². The van der Waals surface area contributed by atoms with Crippen molar-refractivity contribution in [2.24, 2.45) is 0 Å². The minimum atomic E-state index is -0.827. The van der Waals surface area contributed by atoms with Crippen molar-refractivity contribution in [1.29, 1.82) is 0 Å². The first-order valence-electron chi connectivity index (χ1n) is 7.97. The largest absolute Gasteiger partial charge is 0.478 e. The molecule has 0 heterocycles. The van der Waals surface area contributed by atoms with Crippen LogP contribution in [0.2, 0.25) is 0 Å². The fraction of sp³-hybridized carbons (Fsp3) is 0.190. The van der Waals surface area contributed by atoms with Gasteiger partial charge < -0.3 is 5.11 Å². The SMILES string of the molecule is CCCCc1ccccc1C(=O)O.c1ccc2ccccc2c1. The van der Waals surface area contributed by atoms with Gasteiger partial charge in [0.2, 0.25) is 0 Å². The number of carboxylic acids is 1. The van der Waals surface area contributed by atoms with E-state index in [2.05, 4.69) is 55.5 Å². The molecule has 118 valence electrons. The molecule has 0 amide bonds. The first kappa shape index (κ1) is 16.8. The van der Waals surface area contributed by atoms with Crippen LogP contribution in [0, 0.1) is 0 Å². The second-order valence-corrected chi connectivity index (χ2v) is 5.41. The van der Waals surface area contributed by atoms with Crippen LogP contribution in [0.3, 0.4) is 0 Å². The summed E-state index contributed by atoms with van der Waals surface area (Å²) in [6.45, 7) is 2.10. The topological polar surface area (TPSA) is 37.3 Å². The van der Waals surface area contributed by atoms with Crippen molar-refractivity contribution in [1.82, 2.24) is 0 Å². The van der Waals surface area contributed by atoms with E-state index in [1.165, 1.54) is 10.8 Å². The maximum Gasteiger partial charge on any atom is 0.335 e. The lowest BCUT2D eigenvalue weighted by Gasteiger charge is -2.03. The average Bonchev–Trinajstić information content (AvgIpc) is 2.61. The Labute approximate surface area is 137 Å². The molecule has 0 bridgehead atoms. The van der Waals surface area contributed by atoms with Gasteiger partial charge in [-0.3, -0.25) is 0 Å². The fourth-order valence-corrected chi connectivity index (χ4v) is 2.45. The molecule has 0 unspecified atom stereocenters. The third-order valence-electron chi connectivity index (χ3n) is 3.71. The number of hydrogen-bond donors (Lipinski definition) is 1. The molecule has 0 aromatic heterocycles.